The lowest BCUT2D eigenvalue weighted by molar-refractivity contribution is -0.115. The number of pyridine rings is 1. The minimum atomic E-state index is -1.10. The van der Waals surface area contributed by atoms with Gasteiger partial charge in [0.25, 0.3) is 11.1 Å². The summed E-state index contributed by atoms with van der Waals surface area (Å²) in [6.07, 6.45) is 0. The standard InChI is InChI=1S/C29H21F3N2O5S/c1-15(27-28(36)33-29(37)40-27)16-3-7-19(8-4-16)38-11-12-39-26-24(17-5-10-21(31)22(32)13-17)34(2)23-14-18(30)6-9-20(23)25(26)35/h3-10,13-14H,11-12H2,1-2H3,(H,33,36,37). The molecule has 1 aliphatic rings. The zero-order valence-electron chi connectivity index (χ0n) is 21.2. The van der Waals surface area contributed by atoms with Crippen LogP contribution in [0.3, 0.4) is 0 Å². The van der Waals surface area contributed by atoms with Crippen LogP contribution in [-0.2, 0) is 11.8 Å². The Morgan fingerprint density at radius 3 is 2.30 bits per heavy atom. The highest BCUT2D eigenvalue weighted by Gasteiger charge is 2.27. The molecular weight excluding hydrogens is 545 g/mol. The van der Waals surface area contributed by atoms with Crippen LogP contribution in [0.1, 0.15) is 12.5 Å². The highest BCUT2D eigenvalue weighted by Crippen LogP contribution is 2.33. The van der Waals surface area contributed by atoms with E-state index in [1.54, 1.807) is 38.2 Å². The van der Waals surface area contributed by atoms with Crippen LogP contribution in [-0.4, -0.2) is 28.9 Å². The van der Waals surface area contributed by atoms with Gasteiger partial charge in [0.2, 0.25) is 5.43 Å². The molecule has 40 heavy (non-hydrogen) atoms. The lowest BCUT2D eigenvalue weighted by Gasteiger charge is -2.18. The zero-order chi connectivity index (χ0) is 28.6. The molecule has 0 saturated carbocycles. The summed E-state index contributed by atoms with van der Waals surface area (Å²) in [4.78, 5) is 37.0. The quantitative estimate of drug-likeness (QED) is 0.225. The number of ether oxygens (including phenoxy) is 2. The molecule has 5 rings (SSSR count). The summed E-state index contributed by atoms with van der Waals surface area (Å²) < 4.78 is 54.7. The minimum Gasteiger partial charge on any atom is -0.490 e. The maximum Gasteiger partial charge on any atom is 0.290 e. The number of imide groups is 1. The fourth-order valence-corrected chi connectivity index (χ4v) is 5.12. The van der Waals surface area contributed by atoms with E-state index in [1.165, 1.54) is 22.8 Å². The van der Waals surface area contributed by atoms with Gasteiger partial charge in [-0.1, -0.05) is 12.1 Å². The molecule has 2 amide bonds. The molecule has 204 valence electrons. The summed E-state index contributed by atoms with van der Waals surface area (Å²) in [5.74, 6) is -2.77. The SMILES string of the molecule is CC(=C1SC(=O)NC1=O)c1ccc(OCCOc2c(-c3ccc(F)c(F)c3)n(C)c3cc(F)ccc3c2=O)cc1. The number of thioether (sulfide) groups is 1. The summed E-state index contributed by atoms with van der Waals surface area (Å²) in [6.45, 7) is 1.71. The normalized spacial score (nSPS) is 14.4. The van der Waals surface area contributed by atoms with Crippen molar-refractivity contribution < 1.29 is 32.2 Å². The number of aryl methyl sites for hydroxylation is 1. The van der Waals surface area contributed by atoms with Gasteiger partial charge < -0.3 is 14.0 Å². The molecule has 7 nitrogen and oxygen atoms in total. The number of carbonyl (C=O) groups is 2. The molecule has 1 saturated heterocycles. The van der Waals surface area contributed by atoms with E-state index in [-0.39, 0.29) is 41.1 Å². The molecule has 0 radical (unpaired) electrons. The van der Waals surface area contributed by atoms with Gasteiger partial charge in [0, 0.05) is 18.0 Å². The minimum absolute atomic E-state index is 0.0357. The molecule has 0 unspecified atom stereocenters. The number of hydrogen-bond acceptors (Lipinski definition) is 6. The van der Waals surface area contributed by atoms with Crippen molar-refractivity contribution in [3.8, 4) is 22.8 Å². The maximum atomic E-state index is 14.1. The van der Waals surface area contributed by atoms with Crippen molar-refractivity contribution in [3.05, 3.63) is 98.8 Å². The second-order valence-corrected chi connectivity index (χ2v) is 9.86. The van der Waals surface area contributed by atoms with E-state index in [0.29, 0.717) is 16.2 Å². The Labute approximate surface area is 230 Å². The Bertz CT molecular complexity index is 1770. The molecule has 3 aromatic carbocycles. The summed E-state index contributed by atoms with van der Waals surface area (Å²) in [5, 5.41) is 2.01. The molecule has 11 heteroatoms. The number of halogens is 3. The number of amides is 2. The van der Waals surface area contributed by atoms with Gasteiger partial charge >= 0.3 is 0 Å². The Hall–Kier alpha value is -4.51. The van der Waals surface area contributed by atoms with Crippen molar-refractivity contribution in [2.45, 2.75) is 6.92 Å². The molecule has 1 fully saturated rings. The second-order valence-electron chi connectivity index (χ2n) is 8.88. The lowest BCUT2D eigenvalue weighted by atomic mass is 10.1. The average Bonchev–Trinajstić information content (AvgIpc) is 3.28. The first-order chi connectivity index (χ1) is 19.1. The van der Waals surface area contributed by atoms with Crippen molar-refractivity contribution in [2.24, 2.45) is 7.05 Å². The molecule has 0 aliphatic carbocycles. The molecule has 2 heterocycles. The highest BCUT2D eigenvalue weighted by molar-refractivity contribution is 8.18. The van der Waals surface area contributed by atoms with Crippen molar-refractivity contribution >= 4 is 39.4 Å². The number of fused-ring (bicyclic) bond motifs is 1. The van der Waals surface area contributed by atoms with E-state index in [1.807, 2.05) is 0 Å². The van der Waals surface area contributed by atoms with E-state index in [9.17, 15) is 27.6 Å². The van der Waals surface area contributed by atoms with E-state index >= 15 is 0 Å². The summed E-state index contributed by atoms with van der Waals surface area (Å²) in [5.41, 5.74) is 1.45. The predicted octanol–water partition coefficient (Wildman–Crippen LogP) is 5.79. The average molecular weight is 567 g/mol. The van der Waals surface area contributed by atoms with E-state index < -0.39 is 34.0 Å². The first-order valence-corrected chi connectivity index (χ1v) is 12.8. The molecule has 0 bridgehead atoms. The monoisotopic (exact) mass is 566 g/mol. The van der Waals surface area contributed by atoms with Crippen LogP contribution in [0.2, 0.25) is 0 Å². The third-order valence-electron chi connectivity index (χ3n) is 6.36. The largest absolute Gasteiger partial charge is 0.490 e. The Balaban J connectivity index is 1.37. The summed E-state index contributed by atoms with van der Waals surface area (Å²) in [7, 11) is 1.57. The highest BCUT2D eigenvalue weighted by atomic mass is 32.2. The number of nitrogens with zero attached hydrogens (tertiary/aromatic N) is 1. The van der Waals surface area contributed by atoms with Crippen LogP contribution in [0.25, 0.3) is 27.7 Å². The fourth-order valence-electron chi connectivity index (χ4n) is 4.38. The molecule has 1 aliphatic heterocycles. The molecule has 4 aromatic rings. The van der Waals surface area contributed by atoms with Crippen LogP contribution in [0.5, 0.6) is 11.5 Å². The molecule has 1 N–H and O–H groups in total. The van der Waals surface area contributed by atoms with Gasteiger partial charge in [0.05, 0.1) is 16.1 Å². The summed E-state index contributed by atoms with van der Waals surface area (Å²) >= 11 is 0.847. The van der Waals surface area contributed by atoms with Crippen molar-refractivity contribution in [3.63, 3.8) is 0 Å². The number of nitrogens with one attached hydrogen (secondary N) is 1. The Kier molecular flexibility index (Phi) is 7.40. The zero-order valence-corrected chi connectivity index (χ0v) is 22.0. The number of hydrogen-bond donors (Lipinski definition) is 1. The number of benzene rings is 3. The van der Waals surface area contributed by atoms with Crippen LogP contribution >= 0.6 is 11.8 Å². The first kappa shape index (κ1) is 27.1. The van der Waals surface area contributed by atoms with Gasteiger partial charge in [-0.3, -0.25) is 19.7 Å². The first-order valence-electron chi connectivity index (χ1n) is 12.0. The lowest BCUT2D eigenvalue weighted by Crippen LogP contribution is -2.19. The molecule has 1 aromatic heterocycles. The molecule has 0 atom stereocenters. The van der Waals surface area contributed by atoms with Gasteiger partial charge in [-0.15, -0.1) is 0 Å². The van der Waals surface area contributed by atoms with Crippen molar-refractivity contribution in [1.82, 2.24) is 9.88 Å². The number of allylic oxidation sites excluding steroid dienone is 1. The third-order valence-corrected chi connectivity index (χ3v) is 7.34. The molecular formula is C29H21F3N2O5S. The van der Waals surface area contributed by atoms with Crippen molar-refractivity contribution in [2.75, 3.05) is 13.2 Å². The topological polar surface area (TPSA) is 86.6 Å². The van der Waals surface area contributed by atoms with E-state index in [2.05, 4.69) is 5.32 Å². The maximum absolute atomic E-state index is 14.1. The number of carbonyl (C=O) groups excluding carboxylic acids is 2. The van der Waals surface area contributed by atoms with Gasteiger partial charge in [0.1, 0.15) is 24.8 Å². The van der Waals surface area contributed by atoms with Crippen LogP contribution < -0.4 is 20.2 Å². The Morgan fingerprint density at radius 1 is 0.900 bits per heavy atom. The van der Waals surface area contributed by atoms with Crippen molar-refractivity contribution in [1.29, 1.82) is 0 Å². The summed E-state index contributed by atoms with van der Waals surface area (Å²) in [6, 6.07) is 13.7. The fraction of sp³-hybridized carbons (Fsp3) is 0.138. The van der Waals surface area contributed by atoms with Crippen LogP contribution in [0.4, 0.5) is 18.0 Å². The van der Waals surface area contributed by atoms with E-state index in [0.717, 1.165) is 35.5 Å². The third kappa shape index (κ3) is 5.20. The van der Waals surface area contributed by atoms with Crippen LogP contribution in [0.15, 0.2) is 70.4 Å². The second kappa shape index (κ2) is 10.9. The van der Waals surface area contributed by atoms with Gasteiger partial charge in [-0.2, -0.15) is 0 Å². The van der Waals surface area contributed by atoms with Gasteiger partial charge in [0.15, 0.2) is 17.4 Å². The van der Waals surface area contributed by atoms with Gasteiger partial charge in [-0.05, 0) is 78.4 Å². The van der Waals surface area contributed by atoms with E-state index in [4.69, 9.17) is 9.47 Å². The number of rotatable bonds is 7. The van der Waals surface area contributed by atoms with Crippen LogP contribution in [0, 0.1) is 17.5 Å². The Morgan fingerprint density at radius 2 is 1.62 bits per heavy atom. The smallest absolute Gasteiger partial charge is 0.290 e. The van der Waals surface area contributed by atoms with Gasteiger partial charge in [-0.25, -0.2) is 13.2 Å². The predicted molar refractivity (Wildman–Crippen MR) is 146 cm³/mol. The molecule has 0 spiro atoms. The number of aromatic nitrogens is 1.